The zero-order chi connectivity index (χ0) is 18.8. The summed E-state index contributed by atoms with van der Waals surface area (Å²) in [6.45, 7) is 4.18. The Kier molecular flexibility index (Phi) is 5.07. The van der Waals surface area contributed by atoms with Crippen LogP contribution in [0.15, 0.2) is 35.5 Å². The maximum absolute atomic E-state index is 11.9. The van der Waals surface area contributed by atoms with Crippen LogP contribution in [0.5, 0.6) is 0 Å². The molecule has 1 aliphatic carbocycles. The first-order valence-corrected chi connectivity index (χ1v) is 9.01. The van der Waals surface area contributed by atoms with Gasteiger partial charge in [-0.05, 0) is 59.6 Å². The number of nitrogens with zero attached hydrogens (tertiary/aromatic N) is 1. The van der Waals surface area contributed by atoms with E-state index in [2.05, 4.69) is 35.6 Å². The summed E-state index contributed by atoms with van der Waals surface area (Å²) in [5.74, 6) is -0.353. The van der Waals surface area contributed by atoms with Gasteiger partial charge in [0, 0.05) is 24.6 Å². The van der Waals surface area contributed by atoms with Gasteiger partial charge in [0.2, 0.25) is 0 Å². The third-order valence-electron chi connectivity index (χ3n) is 5.63. The summed E-state index contributed by atoms with van der Waals surface area (Å²) < 4.78 is 0. The number of carbonyl (C=O) groups is 1. The van der Waals surface area contributed by atoms with Crippen LogP contribution in [-0.2, 0) is 11.2 Å². The molecule has 136 valence electrons. The number of rotatable bonds is 5. The summed E-state index contributed by atoms with van der Waals surface area (Å²) in [4.78, 5) is 22.6. The number of aryl methyl sites for hydroxylation is 1. The fraction of sp³-hybridized carbons (Fsp3) is 0.381. The van der Waals surface area contributed by atoms with Crippen molar-refractivity contribution in [1.29, 1.82) is 0 Å². The van der Waals surface area contributed by atoms with Crippen molar-refractivity contribution in [1.82, 2.24) is 0 Å². The Labute approximate surface area is 154 Å². The number of benzene rings is 2. The Hall–Kier alpha value is -2.69. The fourth-order valence-corrected chi connectivity index (χ4v) is 4.00. The third kappa shape index (κ3) is 3.21. The topological polar surface area (TPSA) is 84.5 Å². The second-order valence-corrected chi connectivity index (χ2v) is 7.13. The summed E-state index contributed by atoms with van der Waals surface area (Å²) in [6, 6.07) is 10.3. The minimum atomic E-state index is -0.640. The molecule has 0 saturated heterocycles. The molecule has 3 rings (SSSR count). The number of nitrogen functional groups attached to an aromatic ring is 1. The summed E-state index contributed by atoms with van der Waals surface area (Å²) in [6.07, 6.45) is 2.30. The highest BCUT2D eigenvalue weighted by molar-refractivity contribution is 5.79. The standard InChI is InChI=1S/C21H25N3O2/c1-12-4-5-14-6-7-15(10-17(12)14)18(11-20(25)24-26)16-8-9-19(23-3)21(22)13(16)2/h6-10,12,18,23H,4-5,11,22H2,1-3H3. The second kappa shape index (κ2) is 7.28. The molecule has 1 aliphatic rings. The molecular weight excluding hydrogens is 326 g/mol. The molecule has 0 spiro atoms. The lowest BCUT2D eigenvalue weighted by Gasteiger charge is -2.22. The molecule has 3 N–H and O–H groups in total. The lowest BCUT2D eigenvalue weighted by atomic mass is 9.83. The first kappa shape index (κ1) is 18.1. The van der Waals surface area contributed by atoms with Crippen molar-refractivity contribution >= 4 is 17.3 Å². The number of fused-ring (bicyclic) bond motifs is 1. The van der Waals surface area contributed by atoms with Gasteiger partial charge in [-0.1, -0.05) is 31.2 Å². The van der Waals surface area contributed by atoms with Crippen molar-refractivity contribution in [2.75, 3.05) is 18.1 Å². The Morgan fingerprint density at radius 3 is 2.81 bits per heavy atom. The highest BCUT2D eigenvalue weighted by atomic mass is 16.3. The zero-order valence-corrected chi connectivity index (χ0v) is 15.5. The molecule has 1 amide bonds. The van der Waals surface area contributed by atoms with Gasteiger partial charge in [-0.3, -0.25) is 4.79 Å². The number of anilines is 2. The first-order valence-electron chi connectivity index (χ1n) is 9.01. The van der Waals surface area contributed by atoms with Gasteiger partial charge in [-0.25, -0.2) is 0 Å². The molecule has 0 heterocycles. The van der Waals surface area contributed by atoms with Crippen molar-refractivity contribution in [3.05, 3.63) is 63.1 Å². The van der Waals surface area contributed by atoms with E-state index in [1.165, 1.54) is 11.1 Å². The minimum Gasteiger partial charge on any atom is -0.397 e. The Morgan fingerprint density at radius 2 is 2.12 bits per heavy atom. The lowest BCUT2D eigenvalue weighted by molar-refractivity contribution is -0.118. The predicted molar refractivity (Wildman–Crippen MR) is 106 cm³/mol. The van der Waals surface area contributed by atoms with E-state index in [-0.39, 0.29) is 12.3 Å². The van der Waals surface area contributed by atoms with E-state index in [4.69, 9.17) is 5.73 Å². The van der Waals surface area contributed by atoms with Gasteiger partial charge in [0.05, 0.1) is 11.4 Å². The number of nitroso groups, excluding NO2 is 1. The maximum atomic E-state index is 11.9. The summed E-state index contributed by atoms with van der Waals surface area (Å²) in [5, 5.41) is 5.69. The molecule has 0 saturated carbocycles. The highest BCUT2D eigenvalue weighted by Crippen LogP contribution is 2.39. The summed E-state index contributed by atoms with van der Waals surface area (Å²) in [5.41, 5.74) is 13.4. The molecule has 0 aliphatic heterocycles. The van der Waals surface area contributed by atoms with Crippen LogP contribution in [0.1, 0.15) is 59.4 Å². The summed E-state index contributed by atoms with van der Waals surface area (Å²) >= 11 is 0. The van der Waals surface area contributed by atoms with Crippen LogP contribution >= 0.6 is 0 Å². The van der Waals surface area contributed by atoms with Crippen molar-refractivity contribution in [3.8, 4) is 0 Å². The largest absolute Gasteiger partial charge is 0.397 e. The zero-order valence-electron chi connectivity index (χ0n) is 15.5. The molecular formula is C21H25N3O2. The predicted octanol–water partition coefficient (Wildman–Crippen LogP) is 4.48. The van der Waals surface area contributed by atoms with Gasteiger partial charge in [-0.15, -0.1) is 4.91 Å². The molecule has 2 unspecified atom stereocenters. The van der Waals surface area contributed by atoms with Crippen LogP contribution in [0, 0.1) is 11.8 Å². The van der Waals surface area contributed by atoms with E-state index in [1.54, 1.807) is 0 Å². The molecule has 0 aromatic heterocycles. The van der Waals surface area contributed by atoms with Crippen molar-refractivity contribution in [2.45, 2.75) is 44.9 Å². The van der Waals surface area contributed by atoms with Gasteiger partial charge in [0.1, 0.15) is 0 Å². The van der Waals surface area contributed by atoms with Crippen LogP contribution in [0.4, 0.5) is 11.4 Å². The minimum absolute atomic E-state index is 0.0514. The molecule has 5 heteroatoms. The molecule has 2 aromatic carbocycles. The van der Waals surface area contributed by atoms with E-state index in [1.807, 2.05) is 26.1 Å². The molecule has 0 bridgehead atoms. The second-order valence-electron chi connectivity index (χ2n) is 7.13. The molecule has 5 nitrogen and oxygen atoms in total. The van der Waals surface area contributed by atoms with Gasteiger partial charge in [-0.2, -0.15) is 0 Å². The normalized spacial score (nSPS) is 16.8. The average Bonchev–Trinajstić information content (AvgIpc) is 3.02. The third-order valence-corrected chi connectivity index (χ3v) is 5.63. The van der Waals surface area contributed by atoms with Crippen LogP contribution < -0.4 is 11.1 Å². The van der Waals surface area contributed by atoms with Gasteiger partial charge < -0.3 is 11.1 Å². The molecule has 2 aromatic rings. The van der Waals surface area contributed by atoms with E-state index in [9.17, 15) is 9.70 Å². The average molecular weight is 351 g/mol. The van der Waals surface area contributed by atoms with Gasteiger partial charge in [0.25, 0.3) is 5.91 Å². The van der Waals surface area contributed by atoms with E-state index in [0.717, 1.165) is 35.2 Å². The van der Waals surface area contributed by atoms with Crippen LogP contribution in [0.3, 0.4) is 0 Å². The lowest BCUT2D eigenvalue weighted by Crippen LogP contribution is -2.11. The van der Waals surface area contributed by atoms with Crippen molar-refractivity contribution in [3.63, 3.8) is 0 Å². The molecule has 26 heavy (non-hydrogen) atoms. The number of nitrogens with two attached hydrogens (primary N) is 1. The number of hydrogen-bond donors (Lipinski definition) is 2. The van der Waals surface area contributed by atoms with Crippen LogP contribution in [-0.4, -0.2) is 13.0 Å². The van der Waals surface area contributed by atoms with Gasteiger partial charge >= 0.3 is 0 Å². The van der Waals surface area contributed by atoms with E-state index >= 15 is 0 Å². The number of hydrogen-bond acceptors (Lipinski definition) is 4. The quantitative estimate of drug-likeness (QED) is 0.614. The molecule has 0 fully saturated rings. The Morgan fingerprint density at radius 1 is 1.35 bits per heavy atom. The Balaban J connectivity index is 2.10. The van der Waals surface area contributed by atoms with Gasteiger partial charge in [0.15, 0.2) is 0 Å². The summed E-state index contributed by atoms with van der Waals surface area (Å²) in [7, 11) is 1.82. The van der Waals surface area contributed by atoms with Crippen LogP contribution in [0.25, 0.3) is 0 Å². The number of nitrogens with one attached hydrogen (secondary N) is 1. The monoisotopic (exact) mass is 351 g/mol. The highest BCUT2D eigenvalue weighted by Gasteiger charge is 2.25. The number of carbonyl (C=O) groups excluding carboxylic acids is 1. The Bertz CT molecular complexity index is 861. The van der Waals surface area contributed by atoms with E-state index in [0.29, 0.717) is 11.6 Å². The SMILES string of the molecule is CNc1ccc(C(CC(=O)N=O)c2ccc3c(c2)C(C)CC3)c(C)c1N. The maximum Gasteiger partial charge on any atom is 0.287 e. The van der Waals surface area contributed by atoms with E-state index < -0.39 is 5.91 Å². The van der Waals surface area contributed by atoms with Crippen molar-refractivity contribution < 1.29 is 4.79 Å². The first-order chi connectivity index (χ1) is 12.5. The fourth-order valence-electron chi connectivity index (χ4n) is 4.00. The molecule has 0 radical (unpaired) electrons. The smallest absolute Gasteiger partial charge is 0.287 e. The van der Waals surface area contributed by atoms with Crippen molar-refractivity contribution in [2.24, 2.45) is 5.18 Å². The molecule has 2 atom stereocenters. The van der Waals surface area contributed by atoms with Crippen LogP contribution in [0.2, 0.25) is 0 Å². The number of amides is 1.